The molecule has 0 radical (unpaired) electrons. The van der Waals surface area contributed by atoms with Gasteiger partial charge in [0.2, 0.25) is 5.91 Å². The number of nitrogens with one attached hydrogen (secondary N) is 1. The second-order valence-corrected chi connectivity index (χ2v) is 5.05. The summed E-state index contributed by atoms with van der Waals surface area (Å²) in [5.41, 5.74) is 5.29. The van der Waals surface area contributed by atoms with Crippen LogP contribution < -0.4 is 11.1 Å². The molecular weight excluding hydrogens is 244 g/mol. The number of hydrogen-bond acceptors (Lipinski definition) is 4. The van der Waals surface area contributed by atoms with E-state index in [-0.39, 0.29) is 11.9 Å². The molecule has 2 rings (SSSR count). The average Bonchev–Trinajstić information content (AvgIpc) is 2.89. The van der Waals surface area contributed by atoms with Crippen LogP contribution in [0, 0.1) is 0 Å². The second kappa shape index (κ2) is 5.59. The number of phenols is 1. The molecule has 5 nitrogen and oxygen atoms in total. The van der Waals surface area contributed by atoms with Gasteiger partial charge in [-0.15, -0.1) is 0 Å². The SMILES string of the molecule is CC(NCC1CCCO1)(C(N)=O)c1ccc(O)cc1. The van der Waals surface area contributed by atoms with Gasteiger partial charge in [-0.3, -0.25) is 10.1 Å². The number of nitrogens with two attached hydrogens (primary N) is 1. The lowest BCUT2D eigenvalue weighted by atomic mass is 9.91. The number of phenolic OH excluding ortho intramolecular Hbond substituents is 1. The third kappa shape index (κ3) is 3.05. The van der Waals surface area contributed by atoms with E-state index in [4.69, 9.17) is 10.5 Å². The van der Waals surface area contributed by atoms with Crippen LogP contribution in [0.2, 0.25) is 0 Å². The molecule has 0 spiro atoms. The Bertz CT molecular complexity index is 441. The molecule has 19 heavy (non-hydrogen) atoms. The highest BCUT2D eigenvalue weighted by atomic mass is 16.5. The van der Waals surface area contributed by atoms with Crippen molar-refractivity contribution in [2.45, 2.75) is 31.4 Å². The van der Waals surface area contributed by atoms with Crippen LogP contribution in [-0.2, 0) is 15.1 Å². The molecule has 0 aromatic heterocycles. The van der Waals surface area contributed by atoms with Crippen molar-refractivity contribution in [3.05, 3.63) is 29.8 Å². The van der Waals surface area contributed by atoms with E-state index in [1.807, 2.05) is 0 Å². The number of carbonyl (C=O) groups excluding carboxylic acids is 1. The summed E-state index contributed by atoms with van der Waals surface area (Å²) in [5, 5.41) is 12.5. The van der Waals surface area contributed by atoms with Crippen molar-refractivity contribution in [1.29, 1.82) is 0 Å². The van der Waals surface area contributed by atoms with Crippen LogP contribution in [0.5, 0.6) is 5.75 Å². The minimum absolute atomic E-state index is 0.135. The maximum absolute atomic E-state index is 11.8. The summed E-state index contributed by atoms with van der Waals surface area (Å²) in [6, 6.07) is 6.49. The molecule has 1 fully saturated rings. The van der Waals surface area contributed by atoms with Crippen LogP contribution in [0.4, 0.5) is 0 Å². The van der Waals surface area contributed by atoms with E-state index in [0.29, 0.717) is 6.54 Å². The molecule has 1 aliphatic heterocycles. The van der Waals surface area contributed by atoms with Crippen LogP contribution in [0.25, 0.3) is 0 Å². The van der Waals surface area contributed by atoms with Gasteiger partial charge < -0.3 is 15.6 Å². The highest BCUT2D eigenvalue weighted by Gasteiger charge is 2.33. The summed E-state index contributed by atoms with van der Waals surface area (Å²) in [6.07, 6.45) is 2.19. The van der Waals surface area contributed by atoms with Gasteiger partial charge >= 0.3 is 0 Å². The molecular formula is C14H20N2O3. The van der Waals surface area contributed by atoms with E-state index in [1.165, 1.54) is 0 Å². The number of primary amides is 1. The smallest absolute Gasteiger partial charge is 0.242 e. The number of amides is 1. The van der Waals surface area contributed by atoms with E-state index in [2.05, 4.69) is 5.32 Å². The Labute approximate surface area is 112 Å². The number of hydrogen-bond donors (Lipinski definition) is 3. The summed E-state index contributed by atoms with van der Waals surface area (Å²) in [7, 11) is 0. The Balaban J connectivity index is 2.12. The monoisotopic (exact) mass is 264 g/mol. The summed E-state index contributed by atoms with van der Waals surface area (Å²) >= 11 is 0. The van der Waals surface area contributed by atoms with Gasteiger partial charge in [0.15, 0.2) is 0 Å². The molecule has 2 atom stereocenters. The van der Waals surface area contributed by atoms with Crippen molar-refractivity contribution in [2.75, 3.05) is 13.2 Å². The predicted molar refractivity (Wildman–Crippen MR) is 71.6 cm³/mol. The van der Waals surface area contributed by atoms with Gasteiger partial charge in [0, 0.05) is 13.2 Å². The van der Waals surface area contributed by atoms with Crippen molar-refractivity contribution < 1.29 is 14.6 Å². The van der Waals surface area contributed by atoms with Crippen molar-refractivity contribution >= 4 is 5.91 Å². The minimum Gasteiger partial charge on any atom is -0.508 e. The molecule has 1 aromatic carbocycles. The van der Waals surface area contributed by atoms with E-state index < -0.39 is 11.4 Å². The standard InChI is InChI=1S/C14H20N2O3/c1-14(13(15)18,10-4-6-11(17)7-5-10)16-9-12-3-2-8-19-12/h4-7,12,16-17H,2-3,8-9H2,1H3,(H2,15,18). The zero-order valence-corrected chi connectivity index (χ0v) is 11.1. The maximum Gasteiger partial charge on any atom is 0.242 e. The number of benzene rings is 1. The Morgan fingerprint density at radius 3 is 2.74 bits per heavy atom. The van der Waals surface area contributed by atoms with Crippen LogP contribution in [0.15, 0.2) is 24.3 Å². The van der Waals surface area contributed by atoms with Crippen molar-refractivity contribution in [3.8, 4) is 5.75 Å². The fourth-order valence-corrected chi connectivity index (χ4v) is 2.25. The summed E-state index contributed by atoms with van der Waals surface area (Å²) in [5.74, 6) is -0.286. The first-order chi connectivity index (χ1) is 9.02. The molecule has 0 aliphatic carbocycles. The first-order valence-corrected chi connectivity index (χ1v) is 6.48. The summed E-state index contributed by atoms with van der Waals surface area (Å²) in [4.78, 5) is 11.8. The molecule has 0 bridgehead atoms. The Morgan fingerprint density at radius 1 is 1.53 bits per heavy atom. The fraction of sp³-hybridized carbons (Fsp3) is 0.500. The summed E-state index contributed by atoms with van der Waals surface area (Å²) in [6.45, 7) is 3.11. The van der Waals surface area contributed by atoms with Crippen molar-refractivity contribution in [3.63, 3.8) is 0 Å². The van der Waals surface area contributed by atoms with E-state index in [1.54, 1.807) is 31.2 Å². The fourth-order valence-electron chi connectivity index (χ4n) is 2.25. The van der Waals surface area contributed by atoms with Gasteiger partial charge in [-0.2, -0.15) is 0 Å². The number of carbonyl (C=O) groups is 1. The molecule has 4 N–H and O–H groups in total. The molecule has 2 unspecified atom stereocenters. The Hall–Kier alpha value is -1.59. The number of ether oxygens (including phenoxy) is 1. The van der Waals surface area contributed by atoms with Gasteiger partial charge in [0.1, 0.15) is 11.3 Å². The van der Waals surface area contributed by atoms with Gasteiger partial charge in [-0.25, -0.2) is 0 Å². The topological polar surface area (TPSA) is 84.6 Å². The lowest BCUT2D eigenvalue weighted by Crippen LogP contribution is -2.52. The molecule has 1 amide bonds. The normalized spacial score (nSPS) is 22.1. The number of aromatic hydroxyl groups is 1. The van der Waals surface area contributed by atoms with Crippen LogP contribution in [0.3, 0.4) is 0 Å². The van der Waals surface area contributed by atoms with Gasteiger partial charge in [0.25, 0.3) is 0 Å². The second-order valence-electron chi connectivity index (χ2n) is 5.05. The molecule has 1 aliphatic rings. The van der Waals surface area contributed by atoms with E-state index >= 15 is 0 Å². The van der Waals surface area contributed by atoms with E-state index in [0.717, 1.165) is 25.0 Å². The number of rotatable bonds is 5. The zero-order valence-electron chi connectivity index (χ0n) is 11.1. The van der Waals surface area contributed by atoms with Crippen molar-refractivity contribution in [1.82, 2.24) is 5.32 Å². The van der Waals surface area contributed by atoms with E-state index in [9.17, 15) is 9.90 Å². The highest BCUT2D eigenvalue weighted by Crippen LogP contribution is 2.23. The average molecular weight is 264 g/mol. The van der Waals surface area contributed by atoms with Crippen LogP contribution in [-0.4, -0.2) is 30.3 Å². The third-order valence-corrected chi connectivity index (χ3v) is 3.64. The van der Waals surface area contributed by atoms with Crippen LogP contribution >= 0.6 is 0 Å². The minimum atomic E-state index is -0.959. The first-order valence-electron chi connectivity index (χ1n) is 6.48. The summed E-state index contributed by atoms with van der Waals surface area (Å²) < 4.78 is 5.53. The highest BCUT2D eigenvalue weighted by molar-refractivity contribution is 5.85. The van der Waals surface area contributed by atoms with Crippen LogP contribution in [0.1, 0.15) is 25.3 Å². The lowest BCUT2D eigenvalue weighted by Gasteiger charge is -2.29. The Kier molecular flexibility index (Phi) is 4.07. The lowest BCUT2D eigenvalue weighted by molar-refractivity contribution is -0.124. The Morgan fingerprint density at radius 2 is 2.21 bits per heavy atom. The molecule has 5 heteroatoms. The quantitative estimate of drug-likeness (QED) is 0.736. The van der Waals surface area contributed by atoms with Gasteiger partial charge in [-0.1, -0.05) is 12.1 Å². The third-order valence-electron chi connectivity index (χ3n) is 3.64. The molecule has 104 valence electrons. The van der Waals surface area contributed by atoms with Gasteiger partial charge in [0.05, 0.1) is 6.10 Å². The predicted octanol–water partition coefficient (Wildman–Crippen LogP) is 0.861. The molecule has 1 saturated heterocycles. The molecule has 0 saturated carbocycles. The molecule has 1 aromatic rings. The van der Waals surface area contributed by atoms with Gasteiger partial charge in [-0.05, 0) is 37.5 Å². The zero-order chi connectivity index (χ0) is 13.9. The molecule has 1 heterocycles. The largest absolute Gasteiger partial charge is 0.508 e. The first kappa shape index (κ1) is 13.8. The van der Waals surface area contributed by atoms with Crippen molar-refractivity contribution in [2.24, 2.45) is 5.73 Å². The maximum atomic E-state index is 11.8.